The average Bonchev–Trinajstić information content (AvgIpc) is 3.07. The van der Waals surface area contributed by atoms with Gasteiger partial charge in [0.1, 0.15) is 5.69 Å². The second-order valence-corrected chi connectivity index (χ2v) is 9.48. The van der Waals surface area contributed by atoms with Crippen LogP contribution in [0.2, 0.25) is 0 Å². The molecule has 1 aromatic heterocycles. The molecule has 2 aromatic carbocycles. The topological polar surface area (TPSA) is 67.3 Å². The van der Waals surface area contributed by atoms with Crippen LogP contribution in [0.25, 0.3) is 0 Å². The van der Waals surface area contributed by atoms with E-state index in [4.69, 9.17) is 0 Å². The fraction of sp³-hybridized carbons (Fsp3) is 0.182. The van der Waals surface area contributed by atoms with Gasteiger partial charge in [-0.05, 0) is 48.0 Å². The molecule has 1 aliphatic heterocycles. The van der Waals surface area contributed by atoms with Crippen molar-refractivity contribution in [1.82, 2.24) is 9.88 Å². The van der Waals surface area contributed by atoms with E-state index in [0.29, 0.717) is 17.7 Å². The lowest BCUT2D eigenvalue weighted by molar-refractivity contribution is -0.141. The largest absolute Gasteiger partial charge is 0.433 e. The first-order valence-electron chi connectivity index (χ1n) is 9.64. The standard InChI is InChI=1S/C22H14F6N2O3S/c23-21(24,25)14-4-2-6-16(10-14)34(32,33)15-5-1-3-13(9-15)11-30-12-18-17(20(30)31)7-8-19(29-18)22(26,27)28/h1-10H,11-12H2. The maximum absolute atomic E-state index is 13.0. The number of amides is 1. The first-order chi connectivity index (χ1) is 15.8. The van der Waals surface area contributed by atoms with E-state index < -0.39 is 44.2 Å². The van der Waals surface area contributed by atoms with E-state index in [1.807, 2.05) is 0 Å². The van der Waals surface area contributed by atoms with E-state index in [1.165, 1.54) is 29.2 Å². The fourth-order valence-electron chi connectivity index (χ4n) is 3.53. The molecule has 178 valence electrons. The van der Waals surface area contributed by atoms with Crippen LogP contribution in [-0.4, -0.2) is 24.2 Å². The average molecular weight is 500 g/mol. The number of halogens is 6. The van der Waals surface area contributed by atoms with Gasteiger partial charge >= 0.3 is 12.4 Å². The number of fused-ring (bicyclic) bond motifs is 1. The van der Waals surface area contributed by atoms with Crippen LogP contribution in [0.15, 0.2) is 70.5 Å². The molecule has 0 fully saturated rings. The molecule has 12 heteroatoms. The van der Waals surface area contributed by atoms with Gasteiger partial charge in [0.05, 0.1) is 33.2 Å². The monoisotopic (exact) mass is 500 g/mol. The Morgan fingerprint density at radius 1 is 0.853 bits per heavy atom. The summed E-state index contributed by atoms with van der Waals surface area (Å²) in [5.41, 5.74) is -1.95. The molecule has 0 spiro atoms. The molecule has 5 nitrogen and oxygen atoms in total. The van der Waals surface area contributed by atoms with Crippen LogP contribution in [0.1, 0.15) is 32.9 Å². The summed E-state index contributed by atoms with van der Waals surface area (Å²) in [7, 11) is -4.31. The van der Waals surface area contributed by atoms with Crippen LogP contribution in [0, 0.1) is 0 Å². The molecule has 0 N–H and O–H groups in total. The van der Waals surface area contributed by atoms with Crippen LogP contribution in [0.5, 0.6) is 0 Å². The Labute approximate surface area is 189 Å². The van der Waals surface area contributed by atoms with Gasteiger partial charge in [-0.1, -0.05) is 18.2 Å². The van der Waals surface area contributed by atoms with Crippen LogP contribution >= 0.6 is 0 Å². The van der Waals surface area contributed by atoms with Crippen molar-refractivity contribution in [2.75, 3.05) is 0 Å². The third kappa shape index (κ3) is 4.49. The van der Waals surface area contributed by atoms with Gasteiger partial charge in [-0.2, -0.15) is 26.3 Å². The normalized spacial score (nSPS) is 14.4. The zero-order valence-corrected chi connectivity index (χ0v) is 17.8. The molecule has 34 heavy (non-hydrogen) atoms. The maximum atomic E-state index is 13.0. The predicted octanol–water partition coefficient (Wildman–Crippen LogP) is 5.11. The first kappa shape index (κ1) is 23.7. The highest BCUT2D eigenvalue weighted by Crippen LogP contribution is 2.33. The third-order valence-corrected chi connectivity index (χ3v) is 6.93. The zero-order valence-electron chi connectivity index (χ0n) is 17.0. The van der Waals surface area contributed by atoms with E-state index in [9.17, 15) is 39.6 Å². The Balaban J connectivity index is 1.59. The van der Waals surface area contributed by atoms with Crippen molar-refractivity contribution in [3.8, 4) is 0 Å². The number of rotatable bonds is 4. The summed E-state index contributed by atoms with van der Waals surface area (Å²) in [6.45, 7) is -0.342. The predicted molar refractivity (Wildman–Crippen MR) is 106 cm³/mol. The number of nitrogens with zero attached hydrogens (tertiary/aromatic N) is 2. The van der Waals surface area contributed by atoms with Gasteiger partial charge in [0.2, 0.25) is 9.84 Å². The van der Waals surface area contributed by atoms with Crippen LogP contribution in [0.4, 0.5) is 26.3 Å². The van der Waals surface area contributed by atoms with Gasteiger partial charge < -0.3 is 4.90 Å². The summed E-state index contributed by atoms with van der Waals surface area (Å²) >= 11 is 0. The van der Waals surface area contributed by atoms with Gasteiger partial charge in [0.25, 0.3) is 5.91 Å². The number of alkyl halides is 6. The van der Waals surface area contributed by atoms with Crippen molar-refractivity contribution in [1.29, 1.82) is 0 Å². The molecule has 1 aliphatic rings. The van der Waals surface area contributed by atoms with E-state index in [1.54, 1.807) is 0 Å². The number of aromatic nitrogens is 1. The van der Waals surface area contributed by atoms with Crippen LogP contribution < -0.4 is 0 Å². The number of sulfone groups is 1. The fourth-order valence-corrected chi connectivity index (χ4v) is 4.91. The minimum atomic E-state index is -4.72. The molecule has 0 bridgehead atoms. The number of pyridine rings is 1. The summed E-state index contributed by atoms with van der Waals surface area (Å²) in [5, 5.41) is 0. The van der Waals surface area contributed by atoms with Crippen molar-refractivity contribution in [2.45, 2.75) is 35.2 Å². The summed E-state index contributed by atoms with van der Waals surface area (Å²) in [4.78, 5) is 16.5. The Hall–Kier alpha value is -3.41. The van der Waals surface area contributed by atoms with E-state index in [-0.39, 0.29) is 29.2 Å². The van der Waals surface area contributed by atoms with Crippen molar-refractivity contribution in [2.24, 2.45) is 0 Å². The Morgan fingerprint density at radius 2 is 1.50 bits per heavy atom. The minimum Gasteiger partial charge on any atom is -0.328 e. The number of hydrogen-bond donors (Lipinski definition) is 0. The Morgan fingerprint density at radius 3 is 2.15 bits per heavy atom. The molecule has 0 saturated heterocycles. The molecule has 3 aromatic rings. The van der Waals surface area contributed by atoms with Crippen molar-refractivity contribution < 1.29 is 39.6 Å². The highest BCUT2D eigenvalue weighted by atomic mass is 32.2. The smallest absolute Gasteiger partial charge is 0.328 e. The van der Waals surface area contributed by atoms with Crippen molar-refractivity contribution >= 4 is 15.7 Å². The van der Waals surface area contributed by atoms with Gasteiger partial charge in [0, 0.05) is 6.54 Å². The number of hydrogen-bond acceptors (Lipinski definition) is 4. The molecule has 2 heterocycles. The second kappa shape index (κ2) is 8.12. The number of benzene rings is 2. The Bertz CT molecular complexity index is 1380. The van der Waals surface area contributed by atoms with Crippen LogP contribution in [-0.2, 0) is 35.3 Å². The second-order valence-electron chi connectivity index (χ2n) is 7.53. The van der Waals surface area contributed by atoms with Crippen molar-refractivity contribution in [3.05, 3.63) is 88.7 Å². The lowest BCUT2D eigenvalue weighted by atomic mass is 10.2. The molecule has 4 rings (SSSR count). The van der Waals surface area contributed by atoms with Crippen molar-refractivity contribution in [3.63, 3.8) is 0 Å². The summed E-state index contributed by atoms with van der Waals surface area (Å²) in [6, 6.07) is 10.3. The van der Waals surface area contributed by atoms with Gasteiger partial charge in [-0.15, -0.1) is 0 Å². The first-order valence-corrected chi connectivity index (χ1v) is 11.1. The molecular formula is C22H14F6N2O3S. The Kier molecular flexibility index (Phi) is 5.67. The molecular weight excluding hydrogens is 486 g/mol. The molecule has 1 amide bonds. The highest BCUT2D eigenvalue weighted by molar-refractivity contribution is 7.91. The molecule has 0 unspecified atom stereocenters. The number of carbonyl (C=O) groups is 1. The highest BCUT2D eigenvalue weighted by Gasteiger charge is 2.36. The zero-order chi connectivity index (χ0) is 24.9. The summed E-state index contributed by atoms with van der Waals surface area (Å²) < 4.78 is 104. The maximum Gasteiger partial charge on any atom is 0.433 e. The van der Waals surface area contributed by atoms with Gasteiger partial charge in [-0.25, -0.2) is 13.4 Å². The van der Waals surface area contributed by atoms with E-state index in [0.717, 1.165) is 24.3 Å². The molecule has 0 saturated carbocycles. The minimum absolute atomic E-state index is 0.0146. The van der Waals surface area contributed by atoms with Gasteiger partial charge in [-0.3, -0.25) is 4.79 Å². The quantitative estimate of drug-likeness (QED) is 0.467. The lowest BCUT2D eigenvalue weighted by Gasteiger charge is -2.16. The van der Waals surface area contributed by atoms with Crippen LogP contribution in [0.3, 0.4) is 0 Å². The molecule has 0 radical (unpaired) electrons. The number of carbonyl (C=O) groups excluding carboxylic acids is 1. The molecule has 0 aliphatic carbocycles. The molecule has 0 atom stereocenters. The summed E-state index contributed by atoms with van der Waals surface area (Å²) in [6.07, 6.45) is -9.39. The van der Waals surface area contributed by atoms with E-state index >= 15 is 0 Å². The summed E-state index contributed by atoms with van der Waals surface area (Å²) in [5.74, 6) is -0.567. The van der Waals surface area contributed by atoms with Gasteiger partial charge in [0.15, 0.2) is 0 Å². The SMILES string of the molecule is O=C1c2ccc(C(F)(F)F)nc2CN1Cc1cccc(S(=O)(=O)c2cccc(C(F)(F)F)c2)c1. The third-order valence-electron chi connectivity index (χ3n) is 5.18. The van der Waals surface area contributed by atoms with E-state index in [2.05, 4.69) is 4.98 Å². The lowest BCUT2D eigenvalue weighted by Crippen LogP contribution is -2.23.